The van der Waals surface area contributed by atoms with Gasteiger partial charge in [-0.15, -0.1) is 0 Å². The zero-order valence-corrected chi connectivity index (χ0v) is 19.4. The number of hydrogen-bond acceptors (Lipinski definition) is 2. The number of nitrogens with zero attached hydrogens (tertiary/aromatic N) is 1. The van der Waals surface area contributed by atoms with Crippen LogP contribution in [-0.2, 0) is 16.1 Å². The van der Waals surface area contributed by atoms with Crippen molar-refractivity contribution < 1.29 is 13.9 Å². The molecule has 3 aliphatic carbocycles. The molecule has 1 aliphatic heterocycles. The molecule has 0 spiro atoms. The lowest BCUT2D eigenvalue weighted by Crippen LogP contribution is -2.61. The van der Waals surface area contributed by atoms with Crippen molar-refractivity contribution >= 4 is 5.91 Å². The molecule has 170 valence electrons. The number of carbonyl (C=O) groups is 1. The van der Waals surface area contributed by atoms with E-state index in [0.717, 1.165) is 37.2 Å². The Balaban J connectivity index is 1.27. The second-order valence-electron chi connectivity index (χ2n) is 11.4. The van der Waals surface area contributed by atoms with Crippen LogP contribution in [0.5, 0.6) is 0 Å². The van der Waals surface area contributed by atoms with Crippen molar-refractivity contribution in [3.05, 3.63) is 35.6 Å². The highest BCUT2D eigenvalue weighted by atomic mass is 19.1. The average molecular weight is 428 g/mol. The number of likely N-dealkylation sites (tertiary alicyclic amines) is 1. The van der Waals surface area contributed by atoms with E-state index < -0.39 is 0 Å². The van der Waals surface area contributed by atoms with Crippen LogP contribution in [0.2, 0.25) is 0 Å². The van der Waals surface area contributed by atoms with E-state index in [4.69, 9.17) is 4.74 Å². The number of amides is 1. The van der Waals surface area contributed by atoms with Gasteiger partial charge in [0.05, 0.1) is 13.2 Å². The predicted molar refractivity (Wildman–Crippen MR) is 120 cm³/mol. The molecule has 4 heteroatoms. The molecule has 0 aromatic heterocycles. The second-order valence-corrected chi connectivity index (χ2v) is 11.4. The van der Waals surface area contributed by atoms with Crippen LogP contribution in [0.1, 0.15) is 70.8 Å². The van der Waals surface area contributed by atoms with Crippen molar-refractivity contribution in [3.8, 4) is 0 Å². The maximum absolute atomic E-state index is 13.9. The monoisotopic (exact) mass is 427 g/mol. The van der Waals surface area contributed by atoms with Crippen molar-refractivity contribution in [1.82, 2.24) is 4.90 Å². The largest absolute Gasteiger partial charge is 0.376 e. The summed E-state index contributed by atoms with van der Waals surface area (Å²) in [5, 5.41) is 0. The zero-order chi connectivity index (χ0) is 21.8. The van der Waals surface area contributed by atoms with Crippen LogP contribution in [0.25, 0.3) is 0 Å². The first-order chi connectivity index (χ1) is 14.8. The van der Waals surface area contributed by atoms with E-state index in [1.165, 1.54) is 44.6 Å². The lowest BCUT2D eigenvalue weighted by Gasteiger charge is -2.61. The molecule has 1 aromatic rings. The summed E-state index contributed by atoms with van der Waals surface area (Å²) in [5.41, 5.74) is 1.29. The molecule has 5 rings (SSSR count). The molecule has 3 saturated carbocycles. The van der Waals surface area contributed by atoms with Crippen LogP contribution >= 0.6 is 0 Å². The number of ether oxygens (including phenoxy) is 1. The summed E-state index contributed by atoms with van der Waals surface area (Å²) in [7, 11) is 2.04. The van der Waals surface area contributed by atoms with E-state index in [-0.39, 0.29) is 11.2 Å². The SMILES string of the molecule is CN1C(=O)CC[C@@]2(C)C1CC[C@@H]1[C@H]2CC[C@]2(C)C(COCc3ccccc3F)CC[C@@H]12. The number of piperidine rings is 1. The number of halogens is 1. The molecule has 4 fully saturated rings. The van der Waals surface area contributed by atoms with Gasteiger partial charge in [0.1, 0.15) is 5.82 Å². The van der Waals surface area contributed by atoms with Gasteiger partial charge in [-0.25, -0.2) is 4.39 Å². The van der Waals surface area contributed by atoms with Gasteiger partial charge >= 0.3 is 0 Å². The number of benzene rings is 1. The third-order valence-corrected chi connectivity index (χ3v) is 10.3. The zero-order valence-electron chi connectivity index (χ0n) is 19.4. The van der Waals surface area contributed by atoms with Crippen LogP contribution in [0, 0.1) is 40.3 Å². The van der Waals surface area contributed by atoms with E-state index in [1.807, 2.05) is 19.2 Å². The van der Waals surface area contributed by atoms with Crippen LogP contribution < -0.4 is 0 Å². The first-order valence-corrected chi connectivity index (χ1v) is 12.4. The summed E-state index contributed by atoms with van der Waals surface area (Å²) in [6.07, 6.45) is 9.33. The smallest absolute Gasteiger partial charge is 0.222 e. The Kier molecular flexibility index (Phi) is 5.44. The van der Waals surface area contributed by atoms with Gasteiger partial charge in [-0.2, -0.15) is 0 Å². The first-order valence-electron chi connectivity index (χ1n) is 12.4. The fourth-order valence-electron chi connectivity index (χ4n) is 8.46. The standard InChI is InChI=1S/C27H38FNO2/c1-26-14-12-22-20(9-11-24-27(22,2)15-13-25(30)29(24)3)21(26)10-8-19(26)17-31-16-18-6-4-5-7-23(18)28/h4-7,19-22,24H,8-17H2,1-3H3/t19?,20-,21-,22+,24?,26+,27+/m0/s1. The molecule has 1 amide bonds. The summed E-state index contributed by atoms with van der Waals surface area (Å²) in [4.78, 5) is 14.4. The molecule has 31 heavy (non-hydrogen) atoms. The second kappa shape index (κ2) is 7.86. The highest BCUT2D eigenvalue weighted by Crippen LogP contribution is 2.66. The van der Waals surface area contributed by atoms with Gasteiger partial charge in [-0.05, 0) is 85.5 Å². The number of carbonyl (C=O) groups excluding carboxylic acids is 1. The van der Waals surface area contributed by atoms with Gasteiger partial charge in [0.15, 0.2) is 0 Å². The Hall–Kier alpha value is -1.42. The molecule has 2 unspecified atom stereocenters. The summed E-state index contributed by atoms with van der Waals surface area (Å²) in [6.45, 7) is 6.12. The Morgan fingerprint density at radius 1 is 1.03 bits per heavy atom. The van der Waals surface area contributed by atoms with Crippen LogP contribution in [0.4, 0.5) is 4.39 Å². The molecule has 0 bridgehead atoms. The molecular weight excluding hydrogens is 389 g/mol. The maximum Gasteiger partial charge on any atom is 0.222 e. The fourth-order valence-corrected chi connectivity index (χ4v) is 8.46. The Bertz CT molecular complexity index is 842. The number of hydrogen-bond donors (Lipinski definition) is 0. The van der Waals surface area contributed by atoms with Crippen molar-refractivity contribution in [2.75, 3.05) is 13.7 Å². The fraction of sp³-hybridized carbons (Fsp3) is 0.741. The van der Waals surface area contributed by atoms with E-state index >= 15 is 0 Å². The molecule has 1 aromatic carbocycles. The summed E-state index contributed by atoms with van der Waals surface area (Å²) in [5.74, 6) is 3.06. The molecule has 0 radical (unpaired) electrons. The molecule has 0 N–H and O–H groups in total. The topological polar surface area (TPSA) is 29.5 Å². The molecule has 3 nitrogen and oxygen atoms in total. The van der Waals surface area contributed by atoms with Crippen LogP contribution in [0.3, 0.4) is 0 Å². The summed E-state index contributed by atoms with van der Waals surface area (Å²) in [6, 6.07) is 7.38. The lowest BCUT2D eigenvalue weighted by atomic mass is 9.47. The third-order valence-electron chi connectivity index (χ3n) is 10.3. The average Bonchev–Trinajstić information content (AvgIpc) is 3.09. The van der Waals surface area contributed by atoms with E-state index in [1.54, 1.807) is 6.07 Å². The van der Waals surface area contributed by atoms with E-state index in [0.29, 0.717) is 35.5 Å². The molecule has 1 heterocycles. The lowest BCUT2D eigenvalue weighted by molar-refractivity contribution is -0.159. The summed E-state index contributed by atoms with van der Waals surface area (Å²) < 4.78 is 20.0. The van der Waals surface area contributed by atoms with Crippen molar-refractivity contribution in [2.45, 2.75) is 77.9 Å². The normalized spacial score (nSPS) is 42.1. The first kappa shape index (κ1) is 21.4. The molecule has 1 saturated heterocycles. The quantitative estimate of drug-likeness (QED) is 0.606. The Labute approximate surface area is 186 Å². The highest BCUT2D eigenvalue weighted by molar-refractivity contribution is 5.77. The Morgan fingerprint density at radius 2 is 1.81 bits per heavy atom. The third kappa shape index (κ3) is 3.35. The van der Waals surface area contributed by atoms with Crippen molar-refractivity contribution in [3.63, 3.8) is 0 Å². The molecule has 7 atom stereocenters. The number of rotatable bonds is 4. The van der Waals surface area contributed by atoms with E-state index in [9.17, 15) is 9.18 Å². The predicted octanol–water partition coefficient (Wildman–Crippen LogP) is 5.82. The number of fused-ring (bicyclic) bond motifs is 5. The van der Waals surface area contributed by atoms with Gasteiger partial charge in [-0.3, -0.25) is 4.79 Å². The minimum absolute atomic E-state index is 0.167. The maximum atomic E-state index is 13.9. The van der Waals surface area contributed by atoms with Gasteiger partial charge in [0.2, 0.25) is 5.91 Å². The summed E-state index contributed by atoms with van der Waals surface area (Å²) >= 11 is 0. The van der Waals surface area contributed by atoms with Crippen molar-refractivity contribution in [2.24, 2.45) is 34.5 Å². The minimum atomic E-state index is -0.167. The van der Waals surface area contributed by atoms with Gasteiger partial charge in [0.25, 0.3) is 0 Å². The van der Waals surface area contributed by atoms with Crippen molar-refractivity contribution in [1.29, 1.82) is 0 Å². The van der Waals surface area contributed by atoms with Crippen LogP contribution in [-0.4, -0.2) is 30.5 Å². The van der Waals surface area contributed by atoms with Gasteiger partial charge in [-0.1, -0.05) is 32.0 Å². The minimum Gasteiger partial charge on any atom is -0.376 e. The van der Waals surface area contributed by atoms with Gasteiger partial charge in [0, 0.05) is 25.1 Å². The molecule has 4 aliphatic rings. The molecular formula is C27H38FNO2. The van der Waals surface area contributed by atoms with Crippen LogP contribution in [0.15, 0.2) is 24.3 Å². The van der Waals surface area contributed by atoms with E-state index in [2.05, 4.69) is 18.7 Å². The highest BCUT2D eigenvalue weighted by Gasteiger charge is 2.61. The van der Waals surface area contributed by atoms with Gasteiger partial charge < -0.3 is 9.64 Å². The Morgan fingerprint density at radius 3 is 2.61 bits per heavy atom.